The van der Waals surface area contributed by atoms with E-state index in [0.29, 0.717) is 12.2 Å². The first-order chi connectivity index (χ1) is 11.8. The summed E-state index contributed by atoms with van der Waals surface area (Å²) in [4.78, 5) is 12.4. The number of nitrogens with one attached hydrogen (secondary N) is 1. The van der Waals surface area contributed by atoms with Crippen LogP contribution in [0.2, 0.25) is 0 Å². The summed E-state index contributed by atoms with van der Waals surface area (Å²) in [5.41, 5.74) is 2.27. The first kappa shape index (κ1) is 22.8. The standard InChI is InChI=1S/C18H31N3O3S2/c1-14-8-9-15(2)16(12-14)21(26(23,24)20(6)7)13-17(22)19-10-11-25-18(3,4)5/h8-9,12H,10-11,13H2,1-7H3,(H,19,22). The molecule has 0 atom stereocenters. The fourth-order valence-corrected chi connectivity index (χ4v) is 4.15. The first-order valence-corrected chi connectivity index (χ1v) is 10.9. The van der Waals surface area contributed by atoms with Crippen LogP contribution in [0.5, 0.6) is 0 Å². The second-order valence-electron chi connectivity index (χ2n) is 7.40. The van der Waals surface area contributed by atoms with E-state index in [2.05, 4.69) is 26.1 Å². The molecule has 0 radical (unpaired) electrons. The topological polar surface area (TPSA) is 69.7 Å². The van der Waals surface area contributed by atoms with E-state index in [9.17, 15) is 13.2 Å². The highest BCUT2D eigenvalue weighted by Crippen LogP contribution is 2.25. The van der Waals surface area contributed by atoms with Crippen molar-refractivity contribution in [2.24, 2.45) is 0 Å². The van der Waals surface area contributed by atoms with Crippen molar-refractivity contribution < 1.29 is 13.2 Å². The Balaban J connectivity index is 2.94. The van der Waals surface area contributed by atoms with E-state index in [1.54, 1.807) is 17.8 Å². The summed E-state index contributed by atoms with van der Waals surface area (Å²) in [5.74, 6) is 0.463. The Kier molecular flexibility index (Phi) is 7.98. The summed E-state index contributed by atoms with van der Waals surface area (Å²) >= 11 is 1.75. The van der Waals surface area contributed by atoms with E-state index >= 15 is 0 Å². The van der Waals surface area contributed by atoms with Crippen molar-refractivity contribution in [3.05, 3.63) is 29.3 Å². The van der Waals surface area contributed by atoms with Gasteiger partial charge in [0, 0.05) is 31.1 Å². The Hall–Kier alpha value is -1.25. The molecule has 0 aliphatic heterocycles. The fourth-order valence-electron chi connectivity index (χ4n) is 2.21. The number of thioether (sulfide) groups is 1. The van der Waals surface area contributed by atoms with Gasteiger partial charge in [-0.1, -0.05) is 32.9 Å². The molecule has 0 bridgehead atoms. The van der Waals surface area contributed by atoms with Gasteiger partial charge in [-0.05, 0) is 31.0 Å². The molecular weight excluding hydrogens is 370 g/mol. The molecule has 1 aromatic carbocycles. The molecule has 1 rings (SSSR count). The van der Waals surface area contributed by atoms with Crippen LogP contribution in [0.1, 0.15) is 31.9 Å². The lowest BCUT2D eigenvalue weighted by Gasteiger charge is -2.28. The van der Waals surface area contributed by atoms with Gasteiger partial charge in [0.1, 0.15) is 6.54 Å². The number of aryl methyl sites for hydroxylation is 2. The van der Waals surface area contributed by atoms with Crippen LogP contribution < -0.4 is 9.62 Å². The molecule has 148 valence electrons. The molecule has 0 aromatic heterocycles. The predicted molar refractivity (Wildman–Crippen MR) is 111 cm³/mol. The molecular formula is C18H31N3O3S2. The van der Waals surface area contributed by atoms with Gasteiger partial charge in [0.05, 0.1) is 5.69 Å². The summed E-state index contributed by atoms with van der Waals surface area (Å²) in [6, 6.07) is 5.57. The Morgan fingerprint density at radius 2 is 1.81 bits per heavy atom. The number of carbonyl (C=O) groups excluding carboxylic acids is 1. The quantitative estimate of drug-likeness (QED) is 0.680. The molecule has 0 heterocycles. The van der Waals surface area contributed by atoms with Crippen molar-refractivity contribution in [3.8, 4) is 0 Å². The number of anilines is 1. The number of nitrogens with zero attached hydrogens (tertiary/aromatic N) is 2. The van der Waals surface area contributed by atoms with E-state index in [4.69, 9.17) is 0 Å². The van der Waals surface area contributed by atoms with Gasteiger partial charge in [-0.15, -0.1) is 0 Å². The highest BCUT2D eigenvalue weighted by atomic mass is 32.2. The monoisotopic (exact) mass is 401 g/mol. The molecule has 6 nitrogen and oxygen atoms in total. The number of carbonyl (C=O) groups is 1. The molecule has 26 heavy (non-hydrogen) atoms. The van der Waals surface area contributed by atoms with Gasteiger partial charge in [0.2, 0.25) is 5.91 Å². The van der Waals surface area contributed by atoms with Crippen molar-refractivity contribution in [2.75, 3.05) is 37.2 Å². The van der Waals surface area contributed by atoms with Gasteiger partial charge in [-0.25, -0.2) is 4.31 Å². The summed E-state index contributed by atoms with van der Waals surface area (Å²) in [6.45, 7) is 10.3. The molecule has 0 saturated heterocycles. The highest BCUT2D eigenvalue weighted by Gasteiger charge is 2.28. The molecule has 0 spiro atoms. The Labute approximate surface area is 162 Å². The van der Waals surface area contributed by atoms with Crippen LogP contribution in [-0.4, -0.2) is 56.3 Å². The number of benzene rings is 1. The molecule has 0 aliphatic rings. The van der Waals surface area contributed by atoms with Gasteiger partial charge in [0.15, 0.2) is 0 Å². The minimum absolute atomic E-state index is 0.129. The maximum absolute atomic E-state index is 12.8. The van der Waals surface area contributed by atoms with Crippen LogP contribution in [0.4, 0.5) is 5.69 Å². The number of hydrogen-bond acceptors (Lipinski definition) is 4. The lowest BCUT2D eigenvalue weighted by Crippen LogP contribution is -2.46. The Bertz CT molecular complexity index is 726. The van der Waals surface area contributed by atoms with Crippen LogP contribution in [-0.2, 0) is 15.0 Å². The van der Waals surface area contributed by atoms with Gasteiger partial charge < -0.3 is 5.32 Å². The smallest absolute Gasteiger partial charge is 0.304 e. The van der Waals surface area contributed by atoms with E-state index in [1.807, 2.05) is 26.0 Å². The van der Waals surface area contributed by atoms with Crippen molar-refractivity contribution >= 4 is 33.6 Å². The van der Waals surface area contributed by atoms with Crippen LogP contribution in [0.3, 0.4) is 0 Å². The van der Waals surface area contributed by atoms with Gasteiger partial charge in [0.25, 0.3) is 0 Å². The molecule has 0 aliphatic carbocycles. The SMILES string of the molecule is Cc1ccc(C)c(N(CC(=O)NCCSC(C)(C)C)S(=O)(=O)N(C)C)c1. The zero-order valence-electron chi connectivity index (χ0n) is 16.8. The summed E-state index contributed by atoms with van der Waals surface area (Å²) in [7, 11) is -0.852. The molecule has 1 aromatic rings. The number of hydrogen-bond donors (Lipinski definition) is 1. The lowest BCUT2D eigenvalue weighted by atomic mass is 10.1. The summed E-state index contributed by atoms with van der Waals surface area (Å²) in [6.07, 6.45) is 0. The first-order valence-electron chi connectivity index (χ1n) is 8.52. The molecule has 0 fully saturated rings. The van der Waals surface area contributed by atoms with E-state index in [0.717, 1.165) is 21.2 Å². The van der Waals surface area contributed by atoms with Crippen LogP contribution in [0.25, 0.3) is 0 Å². The van der Waals surface area contributed by atoms with Crippen LogP contribution in [0, 0.1) is 13.8 Å². The minimum atomic E-state index is -3.78. The van der Waals surface area contributed by atoms with Crippen molar-refractivity contribution in [1.29, 1.82) is 0 Å². The third-order valence-corrected chi connectivity index (χ3v) is 6.70. The third-order valence-electron chi connectivity index (χ3n) is 3.62. The zero-order chi connectivity index (χ0) is 20.1. The van der Waals surface area contributed by atoms with E-state index in [1.165, 1.54) is 18.4 Å². The molecule has 8 heteroatoms. The second kappa shape index (κ2) is 9.10. The predicted octanol–water partition coefficient (Wildman–Crippen LogP) is 2.56. The summed E-state index contributed by atoms with van der Waals surface area (Å²) in [5, 5.41) is 2.82. The van der Waals surface area contributed by atoms with Crippen molar-refractivity contribution in [1.82, 2.24) is 9.62 Å². The average Bonchev–Trinajstić information content (AvgIpc) is 2.50. The number of amides is 1. The van der Waals surface area contributed by atoms with Crippen LogP contribution in [0.15, 0.2) is 18.2 Å². The van der Waals surface area contributed by atoms with Crippen molar-refractivity contribution in [2.45, 2.75) is 39.4 Å². The fraction of sp³-hybridized carbons (Fsp3) is 0.611. The van der Waals surface area contributed by atoms with E-state index < -0.39 is 10.2 Å². The Morgan fingerprint density at radius 1 is 1.19 bits per heavy atom. The molecule has 1 N–H and O–H groups in total. The molecule has 0 saturated carbocycles. The minimum Gasteiger partial charge on any atom is -0.354 e. The zero-order valence-corrected chi connectivity index (χ0v) is 18.4. The molecule has 1 amide bonds. The second-order valence-corrected chi connectivity index (χ2v) is 11.4. The van der Waals surface area contributed by atoms with Gasteiger partial charge in [-0.2, -0.15) is 24.5 Å². The highest BCUT2D eigenvalue weighted by molar-refractivity contribution is 8.00. The molecule has 0 unspecified atom stereocenters. The summed E-state index contributed by atoms with van der Waals surface area (Å²) < 4.78 is 27.9. The number of rotatable bonds is 8. The van der Waals surface area contributed by atoms with Crippen molar-refractivity contribution in [3.63, 3.8) is 0 Å². The third kappa shape index (κ3) is 6.81. The largest absolute Gasteiger partial charge is 0.354 e. The maximum atomic E-state index is 12.8. The normalized spacial score (nSPS) is 12.3. The Morgan fingerprint density at radius 3 is 2.35 bits per heavy atom. The maximum Gasteiger partial charge on any atom is 0.304 e. The van der Waals surface area contributed by atoms with E-state index in [-0.39, 0.29) is 17.2 Å². The van der Waals surface area contributed by atoms with Crippen LogP contribution >= 0.6 is 11.8 Å². The van der Waals surface area contributed by atoms with Gasteiger partial charge >= 0.3 is 10.2 Å². The average molecular weight is 402 g/mol. The van der Waals surface area contributed by atoms with Gasteiger partial charge in [-0.3, -0.25) is 4.79 Å². The lowest BCUT2D eigenvalue weighted by molar-refractivity contribution is -0.119.